The summed E-state index contributed by atoms with van der Waals surface area (Å²) in [5.74, 6) is -0.937. The smallest absolute Gasteiger partial charge is 0.406 e. The van der Waals surface area contributed by atoms with Crippen LogP contribution in [0.15, 0.2) is 48.5 Å². The molecule has 2 heterocycles. The van der Waals surface area contributed by atoms with Crippen molar-refractivity contribution >= 4 is 17.6 Å². The number of nitrogens with one attached hydrogen (secondary N) is 1. The molecule has 194 valence electrons. The van der Waals surface area contributed by atoms with Gasteiger partial charge < -0.3 is 24.6 Å². The van der Waals surface area contributed by atoms with Crippen LogP contribution in [0, 0.1) is 5.92 Å². The van der Waals surface area contributed by atoms with Crippen molar-refractivity contribution in [2.75, 3.05) is 25.0 Å². The molecule has 0 aromatic heterocycles. The Kier molecular flexibility index (Phi) is 6.92. The maximum Gasteiger partial charge on any atom is 0.573 e. The van der Waals surface area contributed by atoms with E-state index in [0.717, 1.165) is 24.3 Å². The van der Waals surface area contributed by atoms with E-state index in [0.29, 0.717) is 37.3 Å². The van der Waals surface area contributed by atoms with Crippen molar-refractivity contribution in [1.82, 2.24) is 9.80 Å². The summed E-state index contributed by atoms with van der Waals surface area (Å²) >= 11 is 0. The first-order chi connectivity index (χ1) is 16.8. The Balaban J connectivity index is 1.31. The van der Waals surface area contributed by atoms with Gasteiger partial charge in [-0.05, 0) is 54.3 Å². The third kappa shape index (κ3) is 6.73. The van der Waals surface area contributed by atoms with Crippen LogP contribution in [-0.4, -0.2) is 60.1 Å². The Morgan fingerprint density at radius 1 is 0.833 bits per heavy atom. The molecule has 0 aliphatic carbocycles. The van der Waals surface area contributed by atoms with E-state index in [-0.39, 0.29) is 30.0 Å². The first kappa shape index (κ1) is 25.5. The van der Waals surface area contributed by atoms with Crippen molar-refractivity contribution in [1.29, 1.82) is 0 Å². The predicted molar refractivity (Wildman–Crippen MR) is 114 cm³/mol. The van der Waals surface area contributed by atoms with Crippen LogP contribution >= 0.6 is 0 Å². The van der Waals surface area contributed by atoms with E-state index in [2.05, 4.69) is 14.8 Å². The second kappa shape index (κ2) is 9.78. The van der Waals surface area contributed by atoms with E-state index in [1.165, 1.54) is 24.3 Å². The number of amides is 3. The quantitative estimate of drug-likeness (QED) is 0.579. The number of halogens is 6. The minimum Gasteiger partial charge on any atom is -0.406 e. The van der Waals surface area contributed by atoms with E-state index < -0.39 is 24.5 Å². The van der Waals surface area contributed by atoms with E-state index in [4.69, 9.17) is 0 Å². The van der Waals surface area contributed by atoms with Gasteiger partial charge in [0.05, 0.1) is 12.5 Å². The number of carbonyl (C=O) groups excluding carboxylic acids is 2. The molecule has 1 N–H and O–H groups in total. The van der Waals surface area contributed by atoms with E-state index in [1.54, 1.807) is 9.80 Å². The van der Waals surface area contributed by atoms with Crippen LogP contribution in [0.3, 0.4) is 0 Å². The maximum atomic E-state index is 12.8. The number of fused-ring (bicyclic) bond motifs is 2. The number of benzene rings is 2. The molecule has 2 bridgehead atoms. The van der Waals surface area contributed by atoms with Crippen LogP contribution in [0.2, 0.25) is 0 Å². The molecule has 3 amide bonds. The van der Waals surface area contributed by atoms with Crippen molar-refractivity contribution < 1.29 is 45.4 Å². The summed E-state index contributed by atoms with van der Waals surface area (Å²) in [6.07, 6.45) is -8.91. The van der Waals surface area contributed by atoms with Gasteiger partial charge >= 0.3 is 18.8 Å². The number of ether oxygens (including phenoxy) is 2. The molecule has 7 nitrogen and oxygen atoms in total. The van der Waals surface area contributed by atoms with E-state index >= 15 is 0 Å². The molecular formula is C23H21F6N3O4. The molecule has 2 aliphatic rings. The molecule has 0 radical (unpaired) electrons. The molecule has 2 aromatic rings. The second-order valence-electron chi connectivity index (χ2n) is 8.58. The molecule has 36 heavy (non-hydrogen) atoms. The summed E-state index contributed by atoms with van der Waals surface area (Å²) in [6, 6.07) is 9.17. The largest absolute Gasteiger partial charge is 0.573 e. The Labute approximate surface area is 201 Å². The second-order valence-corrected chi connectivity index (χ2v) is 8.58. The fraction of sp³-hybridized carbons (Fsp3) is 0.391. The summed E-state index contributed by atoms with van der Waals surface area (Å²) in [5.41, 5.74) is 0.821. The van der Waals surface area contributed by atoms with Crippen molar-refractivity contribution in [2.24, 2.45) is 5.92 Å². The minimum atomic E-state index is -4.81. The number of rotatable bonds is 5. The van der Waals surface area contributed by atoms with Gasteiger partial charge in [-0.3, -0.25) is 4.79 Å². The van der Waals surface area contributed by atoms with Crippen molar-refractivity contribution in [2.45, 2.75) is 31.6 Å². The van der Waals surface area contributed by atoms with Crippen molar-refractivity contribution in [3.05, 3.63) is 54.1 Å². The molecule has 2 saturated heterocycles. The number of nitrogens with zero attached hydrogens (tertiary/aromatic N) is 2. The van der Waals surface area contributed by atoms with Crippen LogP contribution in [0.5, 0.6) is 11.5 Å². The number of anilines is 1. The van der Waals surface area contributed by atoms with E-state index in [9.17, 15) is 35.9 Å². The molecule has 2 atom stereocenters. The van der Waals surface area contributed by atoms with Gasteiger partial charge in [0.1, 0.15) is 11.5 Å². The van der Waals surface area contributed by atoms with Crippen LogP contribution in [-0.2, 0) is 11.2 Å². The SMILES string of the molecule is O=C(Cc1ccc(OC(F)(F)F)cc1)N1CC2CC(C1)N(C(=O)Nc1ccc(OC(F)(F)F)cc1)C2. The molecule has 0 saturated carbocycles. The number of piperidine rings is 1. The number of hydrogen-bond donors (Lipinski definition) is 1. The van der Waals surface area contributed by atoms with Gasteiger partial charge in [-0.2, -0.15) is 0 Å². The molecule has 2 unspecified atom stereocenters. The van der Waals surface area contributed by atoms with Gasteiger partial charge in [0.25, 0.3) is 0 Å². The number of alkyl halides is 6. The zero-order valence-corrected chi connectivity index (χ0v) is 18.6. The van der Waals surface area contributed by atoms with Gasteiger partial charge in [0.2, 0.25) is 5.91 Å². The molecule has 13 heteroatoms. The highest BCUT2D eigenvalue weighted by Crippen LogP contribution is 2.31. The first-order valence-electron chi connectivity index (χ1n) is 10.9. The van der Waals surface area contributed by atoms with Crippen molar-refractivity contribution in [3.8, 4) is 11.5 Å². The van der Waals surface area contributed by atoms with Crippen LogP contribution < -0.4 is 14.8 Å². The fourth-order valence-corrected chi connectivity index (χ4v) is 4.44. The van der Waals surface area contributed by atoms with Gasteiger partial charge in [0.15, 0.2) is 0 Å². The Bertz CT molecular complexity index is 1090. The summed E-state index contributed by atoms with van der Waals surface area (Å²) in [5, 5.41) is 2.65. The predicted octanol–water partition coefficient (Wildman–Crippen LogP) is 4.79. The zero-order chi connectivity index (χ0) is 26.1. The number of urea groups is 1. The highest BCUT2D eigenvalue weighted by Gasteiger charge is 2.42. The monoisotopic (exact) mass is 517 g/mol. The number of likely N-dealkylation sites (tertiary alicyclic amines) is 2. The summed E-state index contributed by atoms with van der Waals surface area (Å²) < 4.78 is 81.4. The lowest BCUT2D eigenvalue weighted by Crippen LogP contribution is -2.47. The number of carbonyl (C=O) groups is 2. The fourth-order valence-electron chi connectivity index (χ4n) is 4.44. The van der Waals surface area contributed by atoms with Gasteiger partial charge in [-0.15, -0.1) is 26.3 Å². The highest BCUT2D eigenvalue weighted by atomic mass is 19.4. The van der Waals surface area contributed by atoms with Crippen LogP contribution in [0.25, 0.3) is 0 Å². The highest BCUT2D eigenvalue weighted by molar-refractivity contribution is 5.90. The lowest BCUT2D eigenvalue weighted by molar-refractivity contribution is -0.275. The maximum absolute atomic E-state index is 12.8. The standard InChI is InChI=1S/C23H21F6N3O4/c24-22(25,26)35-18-5-1-14(2-6-18)10-20(33)31-11-15-9-17(13-31)32(12-15)21(34)30-16-3-7-19(8-4-16)36-23(27,28)29/h1-8,15,17H,9-13H2,(H,30,34). The van der Waals surface area contributed by atoms with Crippen molar-refractivity contribution in [3.63, 3.8) is 0 Å². The summed E-state index contributed by atoms with van der Waals surface area (Å²) in [4.78, 5) is 28.8. The molecule has 2 fully saturated rings. The zero-order valence-electron chi connectivity index (χ0n) is 18.6. The molecule has 4 rings (SSSR count). The average molecular weight is 517 g/mol. The minimum absolute atomic E-state index is 0.00964. The summed E-state index contributed by atoms with van der Waals surface area (Å²) in [6.45, 7) is 1.16. The Morgan fingerprint density at radius 3 is 1.94 bits per heavy atom. The van der Waals surface area contributed by atoms with Gasteiger partial charge in [0, 0.05) is 25.3 Å². The molecular weight excluding hydrogens is 496 g/mol. The van der Waals surface area contributed by atoms with Crippen LogP contribution in [0.1, 0.15) is 12.0 Å². The third-order valence-corrected chi connectivity index (χ3v) is 5.88. The van der Waals surface area contributed by atoms with Gasteiger partial charge in [-0.1, -0.05) is 12.1 Å². The summed E-state index contributed by atoms with van der Waals surface area (Å²) in [7, 11) is 0. The topological polar surface area (TPSA) is 71.1 Å². The average Bonchev–Trinajstić information content (AvgIpc) is 3.08. The number of hydrogen-bond acceptors (Lipinski definition) is 4. The van der Waals surface area contributed by atoms with Crippen LogP contribution in [0.4, 0.5) is 36.8 Å². The lowest BCUT2D eigenvalue weighted by Gasteiger charge is -2.33. The Morgan fingerprint density at radius 2 is 1.39 bits per heavy atom. The van der Waals surface area contributed by atoms with E-state index in [1.807, 2.05) is 0 Å². The third-order valence-electron chi connectivity index (χ3n) is 5.88. The molecule has 0 spiro atoms. The van der Waals surface area contributed by atoms with Gasteiger partial charge in [-0.25, -0.2) is 4.79 Å². The molecule has 2 aromatic carbocycles. The normalized spacial score (nSPS) is 19.7. The lowest BCUT2D eigenvalue weighted by atomic mass is 9.99. The Hall–Kier alpha value is -3.64. The molecule has 2 aliphatic heterocycles. The first-order valence-corrected chi connectivity index (χ1v) is 10.9.